The summed E-state index contributed by atoms with van der Waals surface area (Å²) in [4.78, 5) is 40.0. The van der Waals surface area contributed by atoms with Gasteiger partial charge in [-0.3, -0.25) is 4.79 Å². The monoisotopic (exact) mass is 428 g/mol. The average Bonchev–Trinajstić information content (AvgIpc) is 2.92. The van der Waals surface area contributed by atoms with Crippen LogP contribution in [0.5, 0.6) is 0 Å². The van der Waals surface area contributed by atoms with Crippen molar-refractivity contribution < 1.29 is 28.6 Å². The Morgan fingerprint density at radius 3 is 2.48 bits per heavy atom. The predicted molar refractivity (Wildman–Crippen MR) is 113 cm³/mol. The Kier molecular flexibility index (Phi) is 5.85. The lowest BCUT2D eigenvalue weighted by molar-refractivity contribution is -0.152. The molecule has 2 heterocycles. The molecule has 166 valence electrons. The van der Waals surface area contributed by atoms with Gasteiger partial charge in [0.2, 0.25) is 11.8 Å². The summed E-state index contributed by atoms with van der Waals surface area (Å²) in [6.45, 7) is 8.76. The lowest BCUT2D eigenvalue weighted by Gasteiger charge is -2.36. The van der Waals surface area contributed by atoms with Crippen molar-refractivity contribution in [1.82, 2.24) is 0 Å². The zero-order valence-corrected chi connectivity index (χ0v) is 18.5. The maximum atomic E-state index is 13.5. The highest BCUT2D eigenvalue weighted by Gasteiger charge is 2.62. The molecule has 3 rings (SSSR count). The van der Waals surface area contributed by atoms with E-state index in [-0.39, 0.29) is 29.4 Å². The number of ether oxygens (including phenoxy) is 3. The fourth-order valence-electron chi connectivity index (χ4n) is 3.86. The first-order valence-electron chi connectivity index (χ1n) is 10.2. The Hall–Kier alpha value is -3.29. The van der Waals surface area contributed by atoms with Gasteiger partial charge in [-0.05, 0) is 40.2 Å². The van der Waals surface area contributed by atoms with Crippen LogP contribution in [-0.4, -0.2) is 30.1 Å². The minimum atomic E-state index is -1.84. The maximum Gasteiger partial charge on any atom is 0.341 e. The number of rotatable bonds is 5. The molecule has 1 amide bonds. The zero-order chi connectivity index (χ0) is 23.0. The first-order chi connectivity index (χ1) is 14.5. The molecule has 0 unspecified atom stereocenters. The summed E-state index contributed by atoms with van der Waals surface area (Å²) >= 11 is 0. The van der Waals surface area contributed by atoms with Crippen LogP contribution in [0, 0.1) is 0 Å². The predicted octanol–water partition coefficient (Wildman–Crippen LogP) is 3.04. The minimum Gasteiger partial charge on any atom is -0.462 e. The van der Waals surface area contributed by atoms with E-state index in [9.17, 15) is 14.4 Å². The number of amides is 1. The van der Waals surface area contributed by atoms with Crippen molar-refractivity contribution in [2.75, 3.05) is 11.9 Å². The van der Waals surface area contributed by atoms with Gasteiger partial charge in [-0.1, -0.05) is 31.5 Å². The normalized spacial score (nSPS) is 20.4. The summed E-state index contributed by atoms with van der Waals surface area (Å²) in [7, 11) is 0. The van der Waals surface area contributed by atoms with Gasteiger partial charge in [-0.25, -0.2) is 9.59 Å². The molecule has 2 aliphatic heterocycles. The molecule has 3 N–H and O–H groups in total. The molecular weight excluding hydrogens is 400 g/mol. The van der Waals surface area contributed by atoms with Gasteiger partial charge in [0.05, 0.1) is 6.61 Å². The van der Waals surface area contributed by atoms with Crippen molar-refractivity contribution in [3.05, 3.63) is 52.6 Å². The molecule has 1 spiro atoms. The second kappa shape index (κ2) is 8.09. The first-order valence-corrected chi connectivity index (χ1v) is 10.2. The standard InChI is InChI=1S/C23H28N2O6/c1-6-7-12-29-19(26)17-18(24)30-13(2)16(20(27)31-22(3,4)5)23(17)14-10-8-9-11-15(14)25-21(23)28/h8-11H,6-7,12,24H2,1-5H3,(H,25,28)/t23-/m0/s1. The minimum absolute atomic E-state index is 0.0868. The van der Waals surface area contributed by atoms with Crippen molar-refractivity contribution in [2.45, 2.75) is 58.5 Å². The van der Waals surface area contributed by atoms with E-state index in [2.05, 4.69) is 5.32 Å². The number of esters is 2. The number of para-hydroxylation sites is 1. The molecule has 0 saturated carbocycles. The van der Waals surface area contributed by atoms with Gasteiger partial charge >= 0.3 is 11.9 Å². The first kappa shape index (κ1) is 22.4. The molecule has 2 aliphatic rings. The molecule has 0 bridgehead atoms. The van der Waals surface area contributed by atoms with E-state index >= 15 is 0 Å². The molecule has 0 saturated heterocycles. The Morgan fingerprint density at radius 2 is 1.84 bits per heavy atom. The summed E-state index contributed by atoms with van der Waals surface area (Å²) in [5.41, 5.74) is 4.01. The van der Waals surface area contributed by atoms with Crippen LogP contribution in [0.15, 0.2) is 47.1 Å². The molecular formula is C23H28N2O6. The number of unbranched alkanes of at least 4 members (excludes halogenated alkanes) is 1. The molecule has 1 aromatic rings. The van der Waals surface area contributed by atoms with E-state index < -0.39 is 28.9 Å². The second-order valence-corrected chi connectivity index (χ2v) is 8.51. The van der Waals surface area contributed by atoms with Gasteiger partial charge in [0, 0.05) is 11.3 Å². The molecule has 31 heavy (non-hydrogen) atoms. The van der Waals surface area contributed by atoms with Gasteiger partial charge in [-0.2, -0.15) is 0 Å². The van der Waals surface area contributed by atoms with E-state index in [1.165, 1.54) is 6.92 Å². The molecule has 0 fully saturated rings. The van der Waals surface area contributed by atoms with Crippen molar-refractivity contribution in [3.63, 3.8) is 0 Å². The molecule has 8 heteroatoms. The van der Waals surface area contributed by atoms with E-state index in [0.29, 0.717) is 17.7 Å². The van der Waals surface area contributed by atoms with Crippen LogP contribution in [0.1, 0.15) is 53.0 Å². The number of carbonyl (C=O) groups excluding carboxylic acids is 3. The van der Waals surface area contributed by atoms with Crippen LogP contribution in [0.3, 0.4) is 0 Å². The molecule has 1 atom stereocenters. The third-order valence-corrected chi connectivity index (χ3v) is 5.07. The smallest absolute Gasteiger partial charge is 0.341 e. The lowest BCUT2D eigenvalue weighted by atomic mass is 9.67. The van der Waals surface area contributed by atoms with Gasteiger partial charge in [0.25, 0.3) is 0 Å². The Labute approximate surface area is 181 Å². The Bertz CT molecular complexity index is 1000. The Morgan fingerprint density at radius 1 is 1.16 bits per heavy atom. The van der Waals surface area contributed by atoms with Crippen LogP contribution in [0.2, 0.25) is 0 Å². The molecule has 0 aliphatic carbocycles. The third kappa shape index (κ3) is 3.78. The number of hydrogen-bond donors (Lipinski definition) is 2. The van der Waals surface area contributed by atoms with Gasteiger partial charge in [-0.15, -0.1) is 0 Å². The quantitative estimate of drug-likeness (QED) is 0.547. The van der Waals surface area contributed by atoms with Crippen molar-refractivity contribution in [2.24, 2.45) is 5.73 Å². The number of nitrogens with two attached hydrogens (primary N) is 1. The number of carbonyl (C=O) groups is 3. The average molecular weight is 428 g/mol. The van der Waals surface area contributed by atoms with E-state index in [4.69, 9.17) is 19.9 Å². The van der Waals surface area contributed by atoms with Gasteiger partial charge in [0.15, 0.2) is 0 Å². The molecule has 0 aromatic heterocycles. The van der Waals surface area contributed by atoms with Crippen molar-refractivity contribution in [3.8, 4) is 0 Å². The number of hydrogen-bond acceptors (Lipinski definition) is 7. The molecule has 1 aromatic carbocycles. The number of fused-ring (bicyclic) bond motifs is 2. The number of benzene rings is 1. The van der Waals surface area contributed by atoms with Gasteiger partial charge < -0.3 is 25.3 Å². The largest absolute Gasteiger partial charge is 0.462 e. The van der Waals surface area contributed by atoms with Crippen LogP contribution in [-0.2, 0) is 34.0 Å². The fourth-order valence-corrected chi connectivity index (χ4v) is 3.86. The van der Waals surface area contributed by atoms with E-state index in [0.717, 1.165) is 6.42 Å². The number of nitrogens with one attached hydrogen (secondary N) is 1. The van der Waals surface area contributed by atoms with Crippen LogP contribution in [0.25, 0.3) is 0 Å². The SMILES string of the molecule is CCCCOC(=O)C1=C(N)OC(C)=C(C(=O)OC(C)(C)C)[C@]12C(=O)Nc1ccccc12. The van der Waals surface area contributed by atoms with Crippen LogP contribution >= 0.6 is 0 Å². The summed E-state index contributed by atoms with van der Waals surface area (Å²) in [5.74, 6) is -2.38. The summed E-state index contributed by atoms with van der Waals surface area (Å²) in [5, 5.41) is 2.76. The van der Waals surface area contributed by atoms with Crippen molar-refractivity contribution in [1.29, 1.82) is 0 Å². The maximum absolute atomic E-state index is 13.5. The van der Waals surface area contributed by atoms with Gasteiger partial charge in [0.1, 0.15) is 27.9 Å². The van der Waals surface area contributed by atoms with Crippen LogP contribution in [0.4, 0.5) is 5.69 Å². The summed E-state index contributed by atoms with van der Waals surface area (Å²) in [6, 6.07) is 6.82. The zero-order valence-electron chi connectivity index (χ0n) is 18.5. The second-order valence-electron chi connectivity index (χ2n) is 8.51. The summed E-state index contributed by atoms with van der Waals surface area (Å²) < 4.78 is 16.6. The van der Waals surface area contributed by atoms with E-state index in [1.54, 1.807) is 45.0 Å². The number of anilines is 1. The van der Waals surface area contributed by atoms with E-state index in [1.807, 2.05) is 6.92 Å². The topological polar surface area (TPSA) is 117 Å². The molecule has 0 radical (unpaired) electrons. The van der Waals surface area contributed by atoms with Crippen molar-refractivity contribution >= 4 is 23.5 Å². The lowest BCUT2D eigenvalue weighted by Crippen LogP contribution is -2.49. The third-order valence-electron chi connectivity index (χ3n) is 5.07. The fraction of sp³-hybridized carbons (Fsp3) is 0.435. The van der Waals surface area contributed by atoms with Crippen LogP contribution < -0.4 is 11.1 Å². The Balaban J connectivity index is 2.25. The summed E-state index contributed by atoms with van der Waals surface area (Å²) in [6.07, 6.45) is 1.46. The number of allylic oxidation sites excluding steroid dienone is 1. The highest BCUT2D eigenvalue weighted by Crippen LogP contribution is 2.52. The molecule has 8 nitrogen and oxygen atoms in total. The highest BCUT2D eigenvalue weighted by molar-refractivity contribution is 6.21. The highest BCUT2D eigenvalue weighted by atomic mass is 16.6.